The van der Waals surface area contributed by atoms with Crippen LogP contribution in [0.1, 0.15) is 12.5 Å². The Bertz CT molecular complexity index is 662. The lowest BCUT2D eigenvalue weighted by atomic mass is 10.2. The molecule has 1 heterocycles. The highest BCUT2D eigenvalue weighted by Crippen LogP contribution is 2.29. The minimum absolute atomic E-state index is 0.140. The second kappa shape index (κ2) is 8.76. The number of carbonyl (C=O) groups excluding carboxylic acids is 1. The van der Waals surface area contributed by atoms with Crippen LogP contribution in [0.4, 0.5) is 10.5 Å². The average Bonchev–Trinajstić information content (AvgIpc) is 2.63. The lowest BCUT2D eigenvalue weighted by Crippen LogP contribution is -2.36. The molecule has 2 aromatic rings. The van der Waals surface area contributed by atoms with Crippen LogP contribution in [0, 0.1) is 0 Å². The van der Waals surface area contributed by atoms with E-state index >= 15 is 0 Å². The Labute approximate surface area is 142 Å². The van der Waals surface area contributed by atoms with Gasteiger partial charge in [-0.1, -0.05) is 0 Å². The number of nitrogens with zero attached hydrogens (tertiary/aromatic N) is 2. The van der Waals surface area contributed by atoms with Gasteiger partial charge in [-0.05, 0) is 43.2 Å². The van der Waals surface area contributed by atoms with Gasteiger partial charge in [0.05, 0.1) is 14.2 Å². The molecule has 0 unspecified atom stereocenters. The number of rotatable bonds is 7. The van der Waals surface area contributed by atoms with Crippen LogP contribution >= 0.6 is 0 Å². The molecule has 2 rings (SSSR count). The van der Waals surface area contributed by atoms with Crippen molar-refractivity contribution >= 4 is 11.7 Å². The number of likely N-dealkylation sites (N-methyl/N-ethyl adjacent to an activating group) is 1. The van der Waals surface area contributed by atoms with Gasteiger partial charge in [0.1, 0.15) is 0 Å². The number of anilines is 1. The first-order valence-electron chi connectivity index (χ1n) is 7.84. The molecular weight excluding hydrogens is 306 g/mol. The molecule has 128 valence electrons. The average molecular weight is 329 g/mol. The molecule has 1 N–H and O–H groups in total. The molecule has 0 atom stereocenters. The van der Waals surface area contributed by atoms with Gasteiger partial charge in [0.2, 0.25) is 0 Å². The molecular formula is C18H23N3O3. The van der Waals surface area contributed by atoms with Crippen molar-refractivity contribution in [3.8, 4) is 11.5 Å². The second-order valence-corrected chi connectivity index (χ2v) is 5.19. The zero-order valence-electron chi connectivity index (χ0n) is 14.3. The van der Waals surface area contributed by atoms with Crippen molar-refractivity contribution in [3.63, 3.8) is 0 Å². The van der Waals surface area contributed by atoms with Crippen LogP contribution < -0.4 is 14.8 Å². The van der Waals surface area contributed by atoms with Crippen LogP contribution in [-0.2, 0) is 6.42 Å². The van der Waals surface area contributed by atoms with Gasteiger partial charge in [-0.3, -0.25) is 4.98 Å². The van der Waals surface area contributed by atoms with E-state index in [2.05, 4.69) is 10.3 Å². The fourth-order valence-corrected chi connectivity index (χ4v) is 2.33. The van der Waals surface area contributed by atoms with E-state index in [0.29, 0.717) is 30.3 Å². The van der Waals surface area contributed by atoms with Crippen LogP contribution in [0.3, 0.4) is 0 Å². The summed E-state index contributed by atoms with van der Waals surface area (Å²) in [5.41, 5.74) is 1.82. The Morgan fingerprint density at radius 3 is 2.46 bits per heavy atom. The molecule has 0 fully saturated rings. The summed E-state index contributed by atoms with van der Waals surface area (Å²) < 4.78 is 10.5. The van der Waals surface area contributed by atoms with E-state index in [4.69, 9.17) is 9.47 Å². The summed E-state index contributed by atoms with van der Waals surface area (Å²) in [5, 5.41) is 2.89. The first kappa shape index (κ1) is 17.6. The highest BCUT2D eigenvalue weighted by atomic mass is 16.5. The number of ether oxygens (including phenoxy) is 2. The van der Waals surface area contributed by atoms with Gasteiger partial charge in [0.15, 0.2) is 11.5 Å². The predicted molar refractivity (Wildman–Crippen MR) is 93.8 cm³/mol. The molecule has 0 bridgehead atoms. The van der Waals surface area contributed by atoms with Gasteiger partial charge in [-0.25, -0.2) is 4.79 Å². The fourth-order valence-electron chi connectivity index (χ4n) is 2.33. The molecule has 0 saturated heterocycles. The first-order valence-corrected chi connectivity index (χ1v) is 7.84. The van der Waals surface area contributed by atoms with Crippen molar-refractivity contribution in [1.29, 1.82) is 0 Å². The molecule has 6 nitrogen and oxygen atoms in total. The molecule has 1 aromatic heterocycles. The van der Waals surface area contributed by atoms with Crippen molar-refractivity contribution in [3.05, 3.63) is 48.3 Å². The molecule has 24 heavy (non-hydrogen) atoms. The number of benzene rings is 1. The number of nitrogens with one attached hydrogen (secondary N) is 1. The van der Waals surface area contributed by atoms with Crippen molar-refractivity contribution in [2.75, 3.05) is 32.6 Å². The summed E-state index contributed by atoms with van der Waals surface area (Å²) in [5.74, 6) is 1.20. The summed E-state index contributed by atoms with van der Waals surface area (Å²) in [7, 11) is 3.14. The maximum absolute atomic E-state index is 12.4. The first-order chi connectivity index (χ1) is 11.7. The Morgan fingerprint density at radius 2 is 1.83 bits per heavy atom. The molecule has 0 saturated carbocycles. The summed E-state index contributed by atoms with van der Waals surface area (Å²) in [6.07, 6.45) is 4.31. The normalized spacial score (nSPS) is 10.1. The molecule has 0 spiro atoms. The third-order valence-electron chi connectivity index (χ3n) is 3.72. The van der Waals surface area contributed by atoms with E-state index in [9.17, 15) is 4.79 Å². The standard InChI is InChI=1S/C18H23N3O3/c1-4-21(12-9-14-7-10-19-11-8-14)18(22)20-15-5-6-16(23-2)17(13-15)24-3/h5-8,10-11,13H,4,9,12H2,1-3H3,(H,20,22). The molecule has 0 aliphatic heterocycles. The van der Waals surface area contributed by atoms with Crippen molar-refractivity contribution in [2.45, 2.75) is 13.3 Å². The Morgan fingerprint density at radius 1 is 1.12 bits per heavy atom. The number of aromatic nitrogens is 1. The Balaban J connectivity index is 1.98. The SMILES string of the molecule is CCN(CCc1ccncc1)C(=O)Nc1ccc(OC)c(OC)c1. The molecule has 1 aromatic carbocycles. The van der Waals surface area contributed by atoms with Crippen molar-refractivity contribution in [1.82, 2.24) is 9.88 Å². The largest absolute Gasteiger partial charge is 0.493 e. The summed E-state index contributed by atoms with van der Waals surface area (Å²) >= 11 is 0. The van der Waals surface area contributed by atoms with Gasteiger partial charge in [-0.2, -0.15) is 0 Å². The number of hydrogen-bond acceptors (Lipinski definition) is 4. The highest BCUT2D eigenvalue weighted by molar-refractivity contribution is 5.89. The number of amides is 2. The lowest BCUT2D eigenvalue weighted by molar-refractivity contribution is 0.215. The van der Waals surface area contributed by atoms with Gasteiger partial charge in [0.25, 0.3) is 0 Å². The van der Waals surface area contributed by atoms with Crippen LogP contribution in [0.2, 0.25) is 0 Å². The number of hydrogen-bond donors (Lipinski definition) is 1. The predicted octanol–water partition coefficient (Wildman–Crippen LogP) is 3.20. The Kier molecular flexibility index (Phi) is 6.42. The zero-order valence-corrected chi connectivity index (χ0v) is 14.3. The lowest BCUT2D eigenvalue weighted by Gasteiger charge is -2.21. The fraction of sp³-hybridized carbons (Fsp3) is 0.333. The number of pyridine rings is 1. The summed E-state index contributed by atoms with van der Waals surface area (Å²) in [6, 6.07) is 9.07. The third kappa shape index (κ3) is 4.62. The molecule has 2 amide bonds. The number of carbonyl (C=O) groups is 1. The van der Waals surface area contributed by atoms with E-state index in [1.54, 1.807) is 49.7 Å². The maximum atomic E-state index is 12.4. The molecule has 0 aliphatic rings. The van der Waals surface area contributed by atoms with E-state index in [1.807, 2.05) is 19.1 Å². The third-order valence-corrected chi connectivity index (χ3v) is 3.72. The second-order valence-electron chi connectivity index (χ2n) is 5.19. The molecule has 0 aliphatic carbocycles. The van der Waals surface area contributed by atoms with Crippen LogP contribution in [-0.4, -0.2) is 43.2 Å². The van der Waals surface area contributed by atoms with Crippen molar-refractivity contribution < 1.29 is 14.3 Å². The number of methoxy groups -OCH3 is 2. The van der Waals surface area contributed by atoms with Crippen molar-refractivity contribution in [2.24, 2.45) is 0 Å². The van der Waals surface area contributed by atoms with E-state index in [1.165, 1.54) is 0 Å². The van der Waals surface area contributed by atoms with E-state index in [-0.39, 0.29) is 6.03 Å². The van der Waals surface area contributed by atoms with Crippen LogP contribution in [0.15, 0.2) is 42.7 Å². The van der Waals surface area contributed by atoms with Gasteiger partial charge in [-0.15, -0.1) is 0 Å². The van der Waals surface area contributed by atoms with Crippen LogP contribution in [0.5, 0.6) is 11.5 Å². The summed E-state index contributed by atoms with van der Waals surface area (Å²) in [6.45, 7) is 3.23. The maximum Gasteiger partial charge on any atom is 0.321 e. The monoisotopic (exact) mass is 329 g/mol. The van der Waals surface area contributed by atoms with Gasteiger partial charge >= 0.3 is 6.03 Å². The van der Waals surface area contributed by atoms with E-state index < -0.39 is 0 Å². The minimum atomic E-state index is -0.140. The zero-order chi connectivity index (χ0) is 17.4. The highest BCUT2D eigenvalue weighted by Gasteiger charge is 2.13. The molecule has 0 radical (unpaired) electrons. The van der Waals surface area contributed by atoms with E-state index in [0.717, 1.165) is 12.0 Å². The summed E-state index contributed by atoms with van der Waals surface area (Å²) in [4.78, 5) is 18.2. The van der Waals surface area contributed by atoms with Gasteiger partial charge < -0.3 is 19.7 Å². The number of urea groups is 1. The minimum Gasteiger partial charge on any atom is -0.493 e. The topological polar surface area (TPSA) is 63.7 Å². The molecule has 6 heteroatoms. The van der Waals surface area contributed by atoms with Gasteiger partial charge in [0, 0.05) is 37.2 Å². The van der Waals surface area contributed by atoms with Crippen LogP contribution in [0.25, 0.3) is 0 Å². The Hall–Kier alpha value is -2.76. The quantitative estimate of drug-likeness (QED) is 0.847. The smallest absolute Gasteiger partial charge is 0.321 e.